The molecule has 0 aliphatic carbocycles. The van der Waals surface area contributed by atoms with Gasteiger partial charge in [0, 0.05) is 30.0 Å². The Morgan fingerprint density at radius 1 is 1.21 bits per heavy atom. The van der Waals surface area contributed by atoms with Gasteiger partial charge in [-0.25, -0.2) is 4.98 Å². The number of aryl methyl sites for hydroxylation is 1. The van der Waals surface area contributed by atoms with E-state index < -0.39 is 0 Å². The lowest BCUT2D eigenvalue weighted by Gasteiger charge is -1.98. The second-order valence-electron chi connectivity index (χ2n) is 5.52. The highest BCUT2D eigenvalue weighted by Crippen LogP contribution is 2.24. The maximum atomic E-state index is 11.9. The van der Waals surface area contributed by atoms with E-state index in [1.165, 1.54) is 23.1 Å². The molecule has 142 valence electrons. The maximum Gasteiger partial charge on any atom is 0.277 e. The SMILES string of the molecule is O=C(CCc1nc(CSc2nnc(-c3ccccc3)o2)no1)Nc1nccs1. The zero-order valence-electron chi connectivity index (χ0n) is 14.4. The molecule has 0 aliphatic rings. The molecular weight excluding hydrogens is 400 g/mol. The molecule has 0 saturated carbocycles. The van der Waals surface area contributed by atoms with E-state index in [-0.39, 0.29) is 12.3 Å². The van der Waals surface area contributed by atoms with E-state index in [4.69, 9.17) is 8.94 Å². The first-order valence-corrected chi connectivity index (χ1v) is 10.2. The summed E-state index contributed by atoms with van der Waals surface area (Å²) in [5.74, 6) is 1.64. The van der Waals surface area contributed by atoms with Crippen LogP contribution in [0.2, 0.25) is 0 Å². The third-order valence-electron chi connectivity index (χ3n) is 3.51. The second kappa shape index (κ2) is 8.76. The first-order chi connectivity index (χ1) is 13.8. The minimum absolute atomic E-state index is 0.150. The van der Waals surface area contributed by atoms with Crippen LogP contribution < -0.4 is 5.32 Å². The van der Waals surface area contributed by atoms with E-state index in [0.29, 0.717) is 40.1 Å². The van der Waals surface area contributed by atoms with Gasteiger partial charge in [-0.05, 0) is 12.1 Å². The van der Waals surface area contributed by atoms with E-state index in [0.717, 1.165) is 5.56 Å². The number of amides is 1. The lowest BCUT2D eigenvalue weighted by molar-refractivity contribution is -0.116. The smallest absolute Gasteiger partial charge is 0.277 e. The number of aromatic nitrogens is 5. The number of nitrogens with zero attached hydrogens (tertiary/aromatic N) is 5. The van der Waals surface area contributed by atoms with Crippen LogP contribution in [-0.4, -0.2) is 31.2 Å². The predicted octanol–water partition coefficient (Wildman–Crippen LogP) is 3.44. The van der Waals surface area contributed by atoms with Gasteiger partial charge in [-0.15, -0.1) is 21.5 Å². The van der Waals surface area contributed by atoms with Gasteiger partial charge in [-0.3, -0.25) is 4.79 Å². The molecule has 4 aromatic rings. The number of thiazole rings is 1. The molecule has 1 amide bonds. The average Bonchev–Trinajstić information content (AvgIpc) is 3.47. The van der Waals surface area contributed by atoms with Crippen molar-refractivity contribution in [2.75, 3.05) is 5.32 Å². The molecule has 0 saturated heterocycles. The zero-order valence-corrected chi connectivity index (χ0v) is 16.1. The number of carbonyl (C=O) groups excluding carboxylic acids is 1. The van der Waals surface area contributed by atoms with Crippen molar-refractivity contribution < 1.29 is 13.7 Å². The van der Waals surface area contributed by atoms with Crippen LogP contribution in [0.5, 0.6) is 0 Å². The Kier molecular flexibility index (Phi) is 5.73. The summed E-state index contributed by atoms with van der Waals surface area (Å²) in [7, 11) is 0. The lowest BCUT2D eigenvalue weighted by Crippen LogP contribution is -2.12. The van der Waals surface area contributed by atoms with Crippen molar-refractivity contribution in [2.24, 2.45) is 0 Å². The summed E-state index contributed by atoms with van der Waals surface area (Å²) in [5, 5.41) is 17.5. The molecule has 0 unspecified atom stereocenters. The van der Waals surface area contributed by atoms with Crippen LogP contribution >= 0.6 is 23.1 Å². The molecule has 0 radical (unpaired) electrons. The standard InChI is InChI=1S/C17H14N6O3S2/c24-13(20-16-18-8-9-27-16)6-7-14-19-12(23-26-14)10-28-17-22-21-15(25-17)11-4-2-1-3-5-11/h1-5,8-9H,6-7,10H2,(H,18,20,24). The first kappa shape index (κ1) is 18.3. The second-order valence-corrected chi connectivity index (χ2v) is 7.34. The van der Waals surface area contributed by atoms with Crippen LogP contribution in [0.4, 0.5) is 5.13 Å². The topological polar surface area (TPSA) is 120 Å². The van der Waals surface area contributed by atoms with Crippen LogP contribution in [0.1, 0.15) is 18.1 Å². The number of benzene rings is 1. The van der Waals surface area contributed by atoms with Gasteiger partial charge in [0.1, 0.15) is 0 Å². The Morgan fingerprint density at radius 3 is 2.93 bits per heavy atom. The highest BCUT2D eigenvalue weighted by atomic mass is 32.2. The van der Waals surface area contributed by atoms with Gasteiger partial charge >= 0.3 is 0 Å². The Balaban J connectivity index is 1.26. The van der Waals surface area contributed by atoms with E-state index in [2.05, 4.69) is 30.6 Å². The average molecular weight is 414 g/mol. The van der Waals surface area contributed by atoms with Gasteiger partial charge < -0.3 is 14.3 Å². The molecule has 1 aromatic carbocycles. The molecule has 9 nitrogen and oxygen atoms in total. The quantitative estimate of drug-likeness (QED) is 0.432. The van der Waals surface area contributed by atoms with Crippen LogP contribution in [0, 0.1) is 0 Å². The first-order valence-electron chi connectivity index (χ1n) is 8.29. The van der Waals surface area contributed by atoms with Crippen LogP contribution in [-0.2, 0) is 17.0 Å². The van der Waals surface area contributed by atoms with Gasteiger partial charge in [0.2, 0.25) is 17.7 Å². The summed E-state index contributed by atoms with van der Waals surface area (Å²) in [6, 6.07) is 9.54. The maximum absolute atomic E-state index is 11.9. The molecule has 4 rings (SSSR count). The summed E-state index contributed by atoms with van der Waals surface area (Å²) in [6.07, 6.45) is 2.22. The Hall–Kier alpha value is -3.05. The van der Waals surface area contributed by atoms with Crippen molar-refractivity contribution in [1.82, 2.24) is 25.3 Å². The van der Waals surface area contributed by atoms with E-state index in [1.807, 2.05) is 30.3 Å². The van der Waals surface area contributed by atoms with Crippen molar-refractivity contribution in [1.29, 1.82) is 0 Å². The summed E-state index contributed by atoms with van der Waals surface area (Å²) in [6.45, 7) is 0. The van der Waals surface area contributed by atoms with Crippen molar-refractivity contribution in [2.45, 2.75) is 23.8 Å². The molecule has 28 heavy (non-hydrogen) atoms. The summed E-state index contributed by atoms with van der Waals surface area (Å²) in [5.41, 5.74) is 0.861. The molecule has 0 spiro atoms. The summed E-state index contributed by atoms with van der Waals surface area (Å²) in [4.78, 5) is 20.1. The van der Waals surface area contributed by atoms with Gasteiger partial charge in [0.25, 0.3) is 5.22 Å². The number of thioether (sulfide) groups is 1. The van der Waals surface area contributed by atoms with Crippen molar-refractivity contribution in [3.8, 4) is 11.5 Å². The van der Waals surface area contributed by atoms with Gasteiger partial charge in [-0.1, -0.05) is 35.1 Å². The molecule has 3 heterocycles. The summed E-state index contributed by atoms with van der Waals surface area (Å²) >= 11 is 2.68. The Labute approximate surface area is 167 Å². The number of carbonyl (C=O) groups is 1. The van der Waals surface area contributed by atoms with Gasteiger partial charge in [-0.2, -0.15) is 4.98 Å². The monoisotopic (exact) mass is 414 g/mol. The van der Waals surface area contributed by atoms with Crippen molar-refractivity contribution >= 4 is 34.1 Å². The van der Waals surface area contributed by atoms with Crippen LogP contribution in [0.15, 0.2) is 56.1 Å². The zero-order chi connectivity index (χ0) is 19.2. The van der Waals surface area contributed by atoms with Gasteiger partial charge in [0.15, 0.2) is 11.0 Å². The minimum atomic E-state index is -0.150. The number of rotatable bonds is 8. The van der Waals surface area contributed by atoms with Gasteiger partial charge in [0.05, 0.1) is 5.75 Å². The fourth-order valence-corrected chi connectivity index (χ4v) is 3.38. The minimum Gasteiger partial charge on any atom is -0.411 e. The summed E-state index contributed by atoms with van der Waals surface area (Å²) < 4.78 is 10.8. The van der Waals surface area contributed by atoms with E-state index in [9.17, 15) is 4.79 Å². The molecule has 0 fully saturated rings. The molecule has 0 bridgehead atoms. The fraction of sp³-hybridized carbons (Fsp3) is 0.176. The Bertz CT molecular complexity index is 1030. The van der Waals surface area contributed by atoms with E-state index >= 15 is 0 Å². The highest BCUT2D eigenvalue weighted by Gasteiger charge is 2.13. The molecule has 3 aromatic heterocycles. The Morgan fingerprint density at radius 2 is 2.11 bits per heavy atom. The number of hydrogen-bond acceptors (Lipinski definition) is 10. The third kappa shape index (κ3) is 4.81. The largest absolute Gasteiger partial charge is 0.411 e. The molecule has 1 N–H and O–H groups in total. The number of hydrogen-bond donors (Lipinski definition) is 1. The van der Waals surface area contributed by atoms with Crippen molar-refractivity contribution in [3.63, 3.8) is 0 Å². The number of anilines is 1. The third-order valence-corrected chi connectivity index (χ3v) is 5.01. The fourth-order valence-electron chi connectivity index (χ4n) is 2.23. The predicted molar refractivity (Wildman–Crippen MR) is 103 cm³/mol. The van der Waals surface area contributed by atoms with Crippen LogP contribution in [0.25, 0.3) is 11.5 Å². The molecule has 0 aliphatic heterocycles. The lowest BCUT2D eigenvalue weighted by atomic mass is 10.2. The molecule has 11 heteroatoms. The van der Waals surface area contributed by atoms with E-state index in [1.54, 1.807) is 11.6 Å². The normalized spacial score (nSPS) is 10.9. The van der Waals surface area contributed by atoms with Crippen LogP contribution in [0.3, 0.4) is 0 Å². The number of nitrogens with one attached hydrogen (secondary N) is 1. The molecule has 0 atom stereocenters. The van der Waals surface area contributed by atoms with Crippen molar-refractivity contribution in [3.05, 3.63) is 53.6 Å². The highest BCUT2D eigenvalue weighted by molar-refractivity contribution is 7.98. The molecular formula is C17H14N6O3S2.